The van der Waals surface area contributed by atoms with E-state index >= 15 is 0 Å². The van der Waals surface area contributed by atoms with Crippen LogP contribution in [0, 0.1) is 22.2 Å². The van der Waals surface area contributed by atoms with Gasteiger partial charge in [0.15, 0.2) is 0 Å². The van der Waals surface area contributed by atoms with Crippen molar-refractivity contribution in [3.05, 3.63) is 0 Å². The van der Waals surface area contributed by atoms with E-state index in [9.17, 15) is 0 Å². The number of rotatable bonds is 1. The third-order valence-electron chi connectivity index (χ3n) is 5.31. The van der Waals surface area contributed by atoms with Crippen LogP contribution in [0.25, 0.3) is 0 Å². The molecule has 2 atom stereocenters. The van der Waals surface area contributed by atoms with Gasteiger partial charge in [-0.1, -0.05) is 13.8 Å². The first kappa shape index (κ1) is 10.4. The highest BCUT2D eigenvalue weighted by Gasteiger charge is 2.61. The van der Waals surface area contributed by atoms with Crippen LogP contribution in [-0.2, 0) is 0 Å². The molecule has 4 saturated carbocycles. The number of amidine groups is 1. The number of hydrogen-bond donors (Lipinski definition) is 2. The van der Waals surface area contributed by atoms with Gasteiger partial charge in [-0.15, -0.1) is 0 Å². The standard InChI is InChI=1S/C13H23N3/c1-11-3-9-4-12(2,6-11)8-13(5-9,7-11)10(14)16-15/h9H,3-8,15H2,1-2H3,(H2,14,16). The van der Waals surface area contributed by atoms with Crippen LogP contribution in [0.3, 0.4) is 0 Å². The first-order chi connectivity index (χ1) is 7.39. The Hall–Kier alpha value is -0.730. The van der Waals surface area contributed by atoms with E-state index in [0.717, 1.165) is 5.92 Å². The Morgan fingerprint density at radius 2 is 1.62 bits per heavy atom. The third-order valence-corrected chi connectivity index (χ3v) is 5.31. The molecule has 16 heavy (non-hydrogen) atoms. The molecular formula is C13H23N3. The van der Waals surface area contributed by atoms with E-state index in [0.29, 0.717) is 16.7 Å². The van der Waals surface area contributed by atoms with Crippen molar-refractivity contribution in [2.24, 2.45) is 38.8 Å². The number of hydrazone groups is 1. The fourth-order valence-corrected chi connectivity index (χ4v) is 5.87. The quantitative estimate of drug-likeness (QED) is 0.308. The molecule has 90 valence electrons. The van der Waals surface area contributed by atoms with Crippen LogP contribution in [0.2, 0.25) is 0 Å². The summed E-state index contributed by atoms with van der Waals surface area (Å²) in [5.74, 6) is 7.01. The Morgan fingerprint density at radius 3 is 2.06 bits per heavy atom. The molecule has 0 aromatic rings. The molecule has 4 aliphatic carbocycles. The van der Waals surface area contributed by atoms with Gasteiger partial charge < -0.3 is 11.6 Å². The summed E-state index contributed by atoms with van der Waals surface area (Å²) in [5, 5.41) is 3.84. The highest BCUT2D eigenvalue weighted by Crippen LogP contribution is 2.69. The summed E-state index contributed by atoms with van der Waals surface area (Å²) in [6, 6.07) is 0. The monoisotopic (exact) mass is 221 g/mol. The third kappa shape index (κ3) is 1.23. The second-order valence-electron chi connectivity index (χ2n) is 7.42. The van der Waals surface area contributed by atoms with Gasteiger partial charge in [-0.05, 0) is 55.3 Å². The molecule has 4 bridgehead atoms. The summed E-state index contributed by atoms with van der Waals surface area (Å²) in [6.45, 7) is 4.88. The minimum atomic E-state index is 0.137. The maximum absolute atomic E-state index is 6.11. The van der Waals surface area contributed by atoms with Gasteiger partial charge in [0.05, 0.1) is 0 Å². The molecule has 3 nitrogen and oxygen atoms in total. The lowest BCUT2D eigenvalue weighted by Crippen LogP contribution is -2.59. The lowest BCUT2D eigenvalue weighted by Gasteiger charge is -2.65. The van der Waals surface area contributed by atoms with E-state index in [1.165, 1.54) is 38.5 Å². The van der Waals surface area contributed by atoms with Crippen LogP contribution in [-0.4, -0.2) is 5.84 Å². The summed E-state index contributed by atoms with van der Waals surface area (Å²) >= 11 is 0. The fourth-order valence-electron chi connectivity index (χ4n) is 5.87. The van der Waals surface area contributed by atoms with Gasteiger partial charge >= 0.3 is 0 Å². The molecule has 4 fully saturated rings. The highest BCUT2D eigenvalue weighted by molar-refractivity contribution is 5.87. The second-order valence-corrected chi connectivity index (χ2v) is 7.42. The Morgan fingerprint density at radius 1 is 1.06 bits per heavy atom. The molecule has 0 aromatic carbocycles. The van der Waals surface area contributed by atoms with Gasteiger partial charge in [-0.25, -0.2) is 0 Å². The van der Waals surface area contributed by atoms with Crippen molar-refractivity contribution in [2.75, 3.05) is 0 Å². The molecule has 3 heteroatoms. The number of nitrogens with two attached hydrogens (primary N) is 2. The topological polar surface area (TPSA) is 64.4 Å². The minimum absolute atomic E-state index is 0.137. The summed E-state index contributed by atoms with van der Waals surface area (Å²) in [4.78, 5) is 0. The van der Waals surface area contributed by atoms with Crippen molar-refractivity contribution in [1.29, 1.82) is 0 Å². The zero-order chi connectivity index (χ0) is 11.6. The molecule has 0 amide bonds. The van der Waals surface area contributed by atoms with Crippen molar-refractivity contribution >= 4 is 5.84 Å². The van der Waals surface area contributed by atoms with E-state index in [2.05, 4.69) is 18.9 Å². The van der Waals surface area contributed by atoms with Crippen molar-refractivity contribution in [3.63, 3.8) is 0 Å². The smallest absolute Gasteiger partial charge is 0.125 e. The van der Waals surface area contributed by atoms with E-state index in [-0.39, 0.29) is 5.41 Å². The second kappa shape index (κ2) is 2.74. The molecule has 0 heterocycles. The van der Waals surface area contributed by atoms with Crippen molar-refractivity contribution in [2.45, 2.75) is 52.4 Å². The zero-order valence-corrected chi connectivity index (χ0v) is 10.4. The van der Waals surface area contributed by atoms with E-state index in [1.54, 1.807) is 0 Å². The van der Waals surface area contributed by atoms with Crippen LogP contribution >= 0.6 is 0 Å². The first-order valence-electron chi connectivity index (χ1n) is 6.43. The summed E-state index contributed by atoms with van der Waals surface area (Å²) in [7, 11) is 0. The predicted octanol–water partition coefficient (Wildman–Crippen LogP) is 2.21. The molecular weight excluding hydrogens is 198 g/mol. The zero-order valence-electron chi connectivity index (χ0n) is 10.4. The van der Waals surface area contributed by atoms with Crippen LogP contribution in [0.1, 0.15) is 52.4 Å². The van der Waals surface area contributed by atoms with Gasteiger partial charge in [0.2, 0.25) is 0 Å². The maximum atomic E-state index is 6.11. The summed E-state index contributed by atoms with van der Waals surface area (Å²) in [6.07, 6.45) is 7.79. The number of hydrogen-bond acceptors (Lipinski definition) is 2. The maximum Gasteiger partial charge on any atom is 0.125 e. The van der Waals surface area contributed by atoms with Gasteiger partial charge in [-0.3, -0.25) is 0 Å². The minimum Gasteiger partial charge on any atom is -0.385 e. The van der Waals surface area contributed by atoms with Crippen LogP contribution in [0.15, 0.2) is 5.10 Å². The normalized spacial score (nSPS) is 55.6. The van der Waals surface area contributed by atoms with Crippen LogP contribution in [0.5, 0.6) is 0 Å². The molecule has 4 aliphatic rings. The summed E-state index contributed by atoms with van der Waals surface area (Å²) < 4.78 is 0. The van der Waals surface area contributed by atoms with E-state index in [1.807, 2.05) is 0 Å². The van der Waals surface area contributed by atoms with E-state index < -0.39 is 0 Å². The highest BCUT2D eigenvalue weighted by atomic mass is 15.2. The lowest BCUT2D eigenvalue weighted by molar-refractivity contribution is -0.116. The molecule has 0 radical (unpaired) electrons. The molecule has 2 unspecified atom stereocenters. The Bertz CT molecular complexity index is 342. The Kier molecular flexibility index (Phi) is 1.79. The van der Waals surface area contributed by atoms with Gasteiger partial charge in [0.25, 0.3) is 0 Å². The van der Waals surface area contributed by atoms with Crippen LogP contribution < -0.4 is 11.6 Å². The van der Waals surface area contributed by atoms with Gasteiger partial charge in [0, 0.05) is 5.41 Å². The molecule has 0 spiro atoms. The molecule has 0 aliphatic heterocycles. The summed E-state index contributed by atoms with van der Waals surface area (Å²) in [5.41, 5.74) is 7.23. The van der Waals surface area contributed by atoms with E-state index in [4.69, 9.17) is 11.6 Å². The van der Waals surface area contributed by atoms with Crippen molar-refractivity contribution < 1.29 is 0 Å². The molecule has 0 saturated heterocycles. The van der Waals surface area contributed by atoms with Crippen molar-refractivity contribution in [1.82, 2.24) is 0 Å². The SMILES string of the molecule is CC12CC3CC(C)(C1)CC(C(N)=NN)(C3)C2. The Balaban J connectivity index is 2.05. The fraction of sp³-hybridized carbons (Fsp3) is 0.923. The number of nitrogens with zero attached hydrogens (tertiary/aromatic N) is 1. The van der Waals surface area contributed by atoms with Gasteiger partial charge in [0.1, 0.15) is 5.84 Å². The van der Waals surface area contributed by atoms with Crippen molar-refractivity contribution in [3.8, 4) is 0 Å². The Labute approximate surface area is 97.6 Å². The molecule has 4 N–H and O–H groups in total. The largest absolute Gasteiger partial charge is 0.385 e. The lowest BCUT2D eigenvalue weighted by atomic mass is 9.40. The van der Waals surface area contributed by atoms with Gasteiger partial charge in [-0.2, -0.15) is 5.10 Å². The average molecular weight is 221 g/mol. The molecule has 4 rings (SSSR count). The predicted molar refractivity (Wildman–Crippen MR) is 65.6 cm³/mol. The van der Waals surface area contributed by atoms with Crippen LogP contribution in [0.4, 0.5) is 0 Å². The average Bonchev–Trinajstić information content (AvgIpc) is 2.10. The first-order valence-corrected chi connectivity index (χ1v) is 6.43. The molecule has 0 aromatic heterocycles.